The van der Waals surface area contributed by atoms with Crippen LogP contribution < -0.4 is 9.64 Å². The summed E-state index contributed by atoms with van der Waals surface area (Å²) in [7, 11) is 0. The summed E-state index contributed by atoms with van der Waals surface area (Å²) in [6, 6.07) is 72.6. The van der Waals surface area contributed by atoms with Crippen molar-refractivity contribution in [2.75, 3.05) is 4.90 Å². The van der Waals surface area contributed by atoms with Crippen molar-refractivity contribution in [2.24, 2.45) is 0 Å². The van der Waals surface area contributed by atoms with Gasteiger partial charge < -0.3 is 9.64 Å². The molecule has 0 unspecified atom stereocenters. The second-order valence-electron chi connectivity index (χ2n) is 16.1. The van der Waals surface area contributed by atoms with Crippen LogP contribution in [0.15, 0.2) is 224 Å². The van der Waals surface area contributed by atoms with Gasteiger partial charge in [-0.25, -0.2) is 0 Å². The normalized spacial score (nSPS) is 13.8. The summed E-state index contributed by atoms with van der Waals surface area (Å²) in [5, 5.41) is 4.15. The minimum Gasteiger partial charge on any atom is -0.457 e. The lowest BCUT2D eigenvalue weighted by Crippen LogP contribution is -2.32. The van der Waals surface area contributed by atoms with E-state index in [2.05, 4.69) is 187 Å². The van der Waals surface area contributed by atoms with Crippen LogP contribution in [0.2, 0.25) is 0 Å². The Hall–Kier alpha value is -7.72. The maximum absolute atomic E-state index is 9.75. The minimum absolute atomic E-state index is 0.0160. The lowest BCUT2D eigenvalue weighted by molar-refractivity contribution is 0.436. The predicted octanol–water partition coefficient (Wildman–Crippen LogP) is 16.5. The van der Waals surface area contributed by atoms with Gasteiger partial charge in [-0.15, -0.1) is 11.3 Å². The van der Waals surface area contributed by atoms with Crippen LogP contribution in [0, 0.1) is 0 Å². The second-order valence-corrected chi connectivity index (χ2v) is 17.2. The van der Waals surface area contributed by atoms with E-state index < -0.39 is 5.41 Å². The molecule has 10 aromatic carbocycles. The molecule has 11 aromatic rings. The largest absolute Gasteiger partial charge is 0.457 e. The molecule has 1 spiro atoms. The molecule has 3 heteroatoms. The highest BCUT2D eigenvalue weighted by molar-refractivity contribution is 7.26. The number of fused-ring (bicyclic) bond motifs is 13. The maximum Gasteiger partial charge on any atom is 0.132 e. The summed E-state index contributed by atoms with van der Waals surface area (Å²) in [4.78, 5) is 2.15. The monoisotopic (exact) mass is 810 g/mol. The Balaban J connectivity index is 1.05. The van der Waals surface area contributed by atoms with Gasteiger partial charge in [0.15, 0.2) is 0 Å². The molecule has 2 nitrogen and oxygen atoms in total. The Morgan fingerprint density at radius 1 is 0.419 bits per heavy atom. The predicted molar refractivity (Wildman–Crippen MR) is 260 cm³/mol. The molecule has 0 bridgehead atoms. The standard InChI is InChI=1S/C59H37NOS/c1-2-15-38(16-3-1)42-34-35-43(45-18-5-4-17-44(42)45)39-29-31-40(32-30-39)60(53-24-14-28-57-58(53)47-20-7-13-27-56(47)62-57)41-33-36-50-48(37-41)46-19-6-8-21-49(46)59(50)51-22-9-11-25-54(51)61-55-26-12-10-23-52(55)59/h1-37H/i14D,24D,28D. The highest BCUT2D eigenvalue weighted by Crippen LogP contribution is 2.62. The number of rotatable bonds is 5. The summed E-state index contributed by atoms with van der Waals surface area (Å²) in [5.74, 6) is 1.68. The van der Waals surface area contributed by atoms with Gasteiger partial charge >= 0.3 is 0 Å². The first-order valence-corrected chi connectivity index (χ1v) is 21.8. The molecule has 62 heavy (non-hydrogen) atoms. The van der Waals surface area contributed by atoms with E-state index in [0.717, 1.165) is 77.3 Å². The van der Waals surface area contributed by atoms with Gasteiger partial charge in [-0.1, -0.05) is 170 Å². The lowest BCUT2D eigenvalue weighted by atomic mass is 9.66. The highest BCUT2D eigenvalue weighted by Gasteiger charge is 2.51. The van der Waals surface area contributed by atoms with Gasteiger partial charge in [0.25, 0.3) is 0 Å². The van der Waals surface area contributed by atoms with Gasteiger partial charge in [-0.05, 0) is 110 Å². The Bertz CT molecular complexity index is 3700. The Morgan fingerprint density at radius 2 is 0.984 bits per heavy atom. The first-order valence-electron chi connectivity index (χ1n) is 22.5. The van der Waals surface area contributed by atoms with Crippen molar-refractivity contribution in [2.45, 2.75) is 5.41 Å². The summed E-state index contributed by atoms with van der Waals surface area (Å²) in [5.41, 5.74) is 13.0. The van der Waals surface area contributed by atoms with E-state index in [1.54, 1.807) is 0 Å². The zero-order valence-electron chi connectivity index (χ0n) is 36.4. The molecular formula is C59H37NOS. The molecule has 1 aliphatic carbocycles. The number of benzene rings is 10. The summed E-state index contributed by atoms with van der Waals surface area (Å²) in [6.45, 7) is 0. The quantitative estimate of drug-likeness (QED) is 0.172. The third-order valence-electron chi connectivity index (χ3n) is 12.9. The summed E-state index contributed by atoms with van der Waals surface area (Å²) >= 11 is 1.52. The van der Waals surface area contributed by atoms with Crippen molar-refractivity contribution in [3.63, 3.8) is 0 Å². The number of ether oxygens (including phenoxy) is 1. The lowest BCUT2D eigenvalue weighted by Gasteiger charge is -2.39. The van der Waals surface area contributed by atoms with E-state index in [1.807, 2.05) is 24.3 Å². The third kappa shape index (κ3) is 5.03. The van der Waals surface area contributed by atoms with E-state index in [0.29, 0.717) is 10.4 Å². The molecule has 1 aliphatic heterocycles. The van der Waals surface area contributed by atoms with Gasteiger partial charge in [0, 0.05) is 42.7 Å². The van der Waals surface area contributed by atoms with Crippen molar-refractivity contribution in [3.05, 3.63) is 247 Å². The molecule has 13 rings (SSSR count). The van der Waals surface area contributed by atoms with E-state index in [9.17, 15) is 2.74 Å². The van der Waals surface area contributed by atoms with E-state index >= 15 is 0 Å². The average Bonchev–Trinajstić information content (AvgIpc) is 3.89. The van der Waals surface area contributed by atoms with Gasteiger partial charge in [0.05, 0.1) is 15.2 Å². The van der Waals surface area contributed by atoms with E-state index in [4.69, 9.17) is 6.11 Å². The molecule has 0 saturated carbocycles. The molecule has 0 N–H and O–H groups in total. The molecule has 0 fully saturated rings. The fourth-order valence-electron chi connectivity index (χ4n) is 10.3. The molecule has 1 aromatic heterocycles. The van der Waals surface area contributed by atoms with Crippen LogP contribution in [0.25, 0.3) is 64.3 Å². The average molecular weight is 811 g/mol. The fourth-order valence-corrected chi connectivity index (χ4v) is 11.4. The molecule has 0 atom stereocenters. The Kier molecular flexibility index (Phi) is 7.07. The number of hydrogen-bond acceptors (Lipinski definition) is 3. The number of thiophene rings is 1. The molecule has 2 heterocycles. The van der Waals surface area contributed by atoms with Crippen LogP contribution in [0.5, 0.6) is 11.5 Å². The number of anilines is 3. The topological polar surface area (TPSA) is 12.5 Å². The van der Waals surface area contributed by atoms with Gasteiger partial charge in [0.2, 0.25) is 0 Å². The molecule has 2 aliphatic rings. The highest BCUT2D eigenvalue weighted by atomic mass is 32.1. The van der Waals surface area contributed by atoms with Crippen molar-refractivity contribution in [1.29, 1.82) is 0 Å². The van der Waals surface area contributed by atoms with Crippen LogP contribution in [0.1, 0.15) is 26.4 Å². The first-order chi connectivity index (χ1) is 32.0. The SMILES string of the molecule is [2H]c1c([2H])c(N(c2ccc(-c3ccc(-c4ccccc4)c4ccccc34)cc2)c2ccc3c(c2)-c2ccccc2C32c3ccccc3Oc3ccccc32)c2c(sc3ccccc32)c1[2H]. The Labute approximate surface area is 368 Å². The van der Waals surface area contributed by atoms with E-state index in [1.165, 1.54) is 38.8 Å². The van der Waals surface area contributed by atoms with Crippen LogP contribution in [-0.2, 0) is 5.41 Å². The molecule has 0 radical (unpaired) electrons. The Morgan fingerprint density at radius 3 is 1.71 bits per heavy atom. The second kappa shape index (κ2) is 13.7. The summed E-state index contributed by atoms with van der Waals surface area (Å²) < 4.78 is 36.5. The van der Waals surface area contributed by atoms with Gasteiger partial charge in [-0.3, -0.25) is 0 Å². The van der Waals surface area contributed by atoms with Crippen molar-refractivity contribution in [3.8, 4) is 44.9 Å². The maximum atomic E-state index is 9.75. The van der Waals surface area contributed by atoms with Crippen LogP contribution in [-0.4, -0.2) is 0 Å². The van der Waals surface area contributed by atoms with Crippen LogP contribution in [0.4, 0.5) is 17.1 Å². The van der Waals surface area contributed by atoms with Crippen molar-refractivity contribution in [1.82, 2.24) is 0 Å². The molecule has 0 saturated heterocycles. The van der Waals surface area contributed by atoms with Crippen molar-refractivity contribution < 1.29 is 8.85 Å². The zero-order chi connectivity index (χ0) is 43.4. The number of para-hydroxylation sites is 2. The zero-order valence-corrected chi connectivity index (χ0v) is 34.2. The fraction of sp³-hybridized carbons (Fsp3) is 0.0169. The molecule has 290 valence electrons. The first kappa shape index (κ1) is 32.1. The van der Waals surface area contributed by atoms with Gasteiger partial charge in [-0.2, -0.15) is 0 Å². The van der Waals surface area contributed by atoms with Crippen molar-refractivity contribution >= 4 is 59.3 Å². The number of hydrogen-bond donors (Lipinski definition) is 0. The summed E-state index contributed by atoms with van der Waals surface area (Å²) in [6.07, 6.45) is 0. The van der Waals surface area contributed by atoms with E-state index in [-0.39, 0.29) is 18.1 Å². The van der Waals surface area contributed by atoms with Crippen LogP contribution >= 0.6 is 11.3 Å². The minimum atomic E-state index is -0.625. The molecule has 0 amide bonds. The smallest absolute Gasteiger partial charge is 0.132 e. The molecular weight excluding hydrogens is 771 g/mol. The van der Waals surface area contributed by atoms with Gasteiger partial charge in [0.1, 0.15) is 11.5 Å². The third-order valence-corrected chi connectivity index (χ3v) is 14.0. The number of nitrogens with zero attached hydrogens (tertiary/aromatic N) is 1. The van der Waals surface area contributed by atoms with Crippen LogP contribution in [0.3, 0.4) is 0 Å².